The molecule has 0 N–H and O–H groups in total. The molecule has 2 rings (SSSR count). The molecule has 2 aromatic rings. The highest BCUT2D eigenvalue weighted by Gasteiger charge is 2.10. The zero-order valence-electron chi connectivity index (χ0n) is 11.5. The van der Waals surface area contributed by atoms with E-state index in [2.05, 4.69) is 6.07 Å². The lowest BCUT2D eigenvalue weighted by molar-refractivity contribution is 0.604. The zero-order chi connectivity index (χ0) is 15.1. The predicted octanol–water partition coefficient (Wildman–Crippen LogP) is 3.62. The molecule has 3 nitrogen and oxygen atoms in total. The summed E-state index contributed by atoms with van der Waals surface area (Å²) in [4.78, 5) is 1.95. The summed E-state index contributed by atoms with van der Waals surface area (Å²) in [5, 5.41) is 17.5. The van der Waals surface area contributed by atoms with Crippen molar-refractivity contribution < 1.29 is 4.39 Å². The SMILES string of the molecule is N#CCCN(Cc1ccc(C#N)cc1F)c1ccccc1. The number of para-hydroxylation sites is 1. The maximum atomic E-state index is 14.0. The highest BCUT2D eigenvalue weighted by Crippen LogP contribution is 2.19. The van der Waals surface area contributed by atoms with Gasteiger partial charge in [0.05, 0.1) is 24.1 Å². The maximum Gasteiger partial charge on any atom is 0.129 e. The van der Waals surface area contributed by atoms with Crippen LogP contribution in [0.3, 0.4) is 0 Å². The Morgan fingerprint density at radius 2 is 1.81 bits per heavy atom. The zero-order valence-corrected chi connectivity index (χ0v) is 11.5. The molecular weight excluding hydrogens is 265 g/mol. The summed E-state index contributed by atoms with van der Waals surface area (Å²) in [6.45, 7) is 0.892. The van der Waals surface area contributed by atoms with Crippen LogP contribution in [0.15, 0.2) is 48.5 Å². The van der Waals surface area contributed by atoms with Crippen LogP contribution in [0.2, 0.25) is 0 Å². The highest BCUT2D eigenvalue weighted by molar-refractivity contribution is 5.47. The van der Waals surface area contributed by atoms with Crippen LogP contribution in [0.1, 0.15) is 17.5 Å². The predicted molar refractivity (Wildman–Crippen MR) is 78.8 cm³/mol. The van der Waals surface area contributed by atoms with Crippen LogP contribution >= 0.6 is 0 Å². The largest absolute Gasteiger partial charge is 0.366 e. The topological polar surface area (TPSA) is 50.8 Å². The first-order valence-corrected chi connectivity index (χ1v) is 6.60. The van der Waals surface area contributed by atoms with Gasteiger partial charge in [0, 0.05) is 24.3 Å². The van der Waals surface area contributed by atoms with Gasteiger partial charge in [-0.3, -0.25) is 0 Å². The molecule has 21 heavy (non-hydrogen) atoms. The first-order chi connectivity index (χ1) is 10.2. The number of hydrogen-bond donors (Lipinski definition) is 0. The summed E-state index contributed by atoms with van der Waals surface area (Å²) in [6.07, 6.45) is 0.368. The second-order valence-electron chi connectivity index (χ2n) is 4.58. The first kappa shape index (κ1) is 14.6. The van der Waals surface area contributed by atoms with E-state index in [1.807, 2.05) is 41.3 Å². The van der Waals surface area contributed by atoms with Crippen LogP contribution in [0.25, 0.3) is 0 Å². The van der Waals surface area contributed by atoms with Gasteiger partial charge in [-0.2, -0.15) is 10.5 Å². The molecule has 4 heteroatoms. The van der Waals surface area contributed by atoms with E-state index in [0.717, 1.165) is 5.69 Å². The van der Waals surface area contributed by atoms with E-state index >= 15 is 0 Å². The van der Waals surface area contributed by atoms with E-state index in [1.165, 1.54) is 6.07 Å². The van der Waals surface area contributed by atoms with Crippen molar-refractivity contribution in [1.29, 1.82) is 10.5 Å². The van der Waals surface area contributed by atoms with Crippen molar-refractivity contribution in [2.24, 2.45) is 0 Å². The molecule has 104 valence electrons. The number of hydrogen-bond acceptors (Lipinski definition) is 3. The number of anilines is 1. The third-order valence-electron chi connectivity index (χ3n) is 3.16. The van der Waals surface area contributed by atoms with Gasteiger partial charge in [-0.25, -0.2) is 4.39 Å². The number of nitriles is 2. The maximum absolute atomic E-state index is 14.0. The molecule has 0 aliphatic carbocycles. The summed E-state index contributed by atoms with van der Waals surface area (Å²) >= 11 is 0. The highest BCUT2D eigenvalue weighted by atomic mass is 19.1. The normalized spacial score (nSPS) is 9.67. The van der Waals surface area contributed by atoms with E-state index < -0.39 is 5.82 Å². The van der Waals surface area contributed by atoms with Gasteiger partial charge in [0.25, 0.3) is 0 Å². The number of nitrogens with zero attached hydrogens (tertiary/aromatic N) is 3. The molecular formula is C17H14FN3. The molecule has 0 fully saturated rings. The summed E-state index contributed by atoms with van der Waals surface area (Å²) in [7, 11) is 0. The standard InChI is InChI=1S/C17H14FN3/c18-17-11-14(12-20)7-8-15(17)13-21(10-4-9-19)16-5-2-1-3-6-16/h1-3,5-8,11H,4,10,13H2. The molecule has 0 aromatic heterocycles. The van der Waals surface area contributed by atoms with Crippen molar-refractivity contribution in [2.75, 3.05) is 11.4 Å². The van der Waals surface area contributed by atoms with Crippen molar-refractivity contribution in [2.45, 2.75) is 13.0 Å². The Balaban J connectivity index is 2.23. The van der Waals surface area contributed by atoms with Gasteiger partial charge < -0.3 is 4.90 Å². The van der Waals surface area contributed by atoms with Crippen LogP contribution in [0, 0.1) is 28.5 Å². The van der Waals surface area contributed by atoms with Crippen LogP contribution in [-0.2, 0) is 6.54 Å². The molecule has 0 saturated carbocycles. The fourth-order valence-corrected chi connectivity index (χ4v) is 2.07. The minimum Gasteiger partial charge on any atom is -0.366 e. The van der Waals surface area contributed by atoms with Crippen LogP contribution in [0.4, 0.5) is 10.1 Å². The summed E-state index contributed by atoms with van der Waals surface area (Å²) in [5.74, 6) is -0.396. The van der Waals surface area contributed by atoms with Gasteiger partial charge in [0.1, 0.15) is 5.82 Å². The minimum atomic E-state index is -0.396. The van der Waals surface area contributed by atoms with Crippen molar-refractivity contribution in [3.05, 3.63) is 65.5 Å². The first-order valence-electron chi connectivity index (χ1n) is 6.60. The van der Waals surface area contributed by atoms with Crippen molar-refractivity contribution >= 4 is 5.69 Å². The summed E-state index contributed by atoms with van der Waals surface area (Å²) in [5.41, 5.74) is 1.76. The lowest BCUT2D eigenvalue weighted by Crippen LogP contribution is -2.24. The lowest BCUT2D eigenvalue weighted by Gasteiger charge is -2.24. The number of benzene rings is 2. The average molecular weight is 279 g/mol. The molecule has 0 aliphatic heterocycles. The average Bonchev–Trinajstić information content (AvgIpc) is 2.53. The van der Waals surface area contributed by atoms with E-state index in [9.17, 15) is 4.39 Å². The fraction of sp³-hybridized carbons (Fsp3) is 0.176. The van der Waals surface area contributed by atoms with Gasteiger partial charge in [-0.15, -0.1) is 0 Å². The molecule has 0 unspecified atom stereocenters. The van der Waals surface area contributed by atoms with Gasteiger partial charge >= 0.3 is 0 Å². The second-order valence-corrected chi connectivity index (χ2v) is 4.58. The Morgan fingerprint density at radius 1 is 1.05 bits per heavy atom. The molecule has 0 heterocycles. The second kappa shape index (κ2) is 7.07. The van der Waals surface area contributed by atoms with Crippen LogP contribution < -0.4 is 4.90 Å². The van der Waals surface area contributed by atoms with Gasteiger partial charge in [-0.05, 0) is 24.3 Å². The minimum absolute atomic E-state index is 0.305. The Labute approximate surface area is 123 Å². The molecule has 0 amide bonds. The van der Waals surface area contributed by atoms with Gasteiger partial charge in [-0.1, -0.05) is 24.3 Å². The van der Waals surface area contributed by atoms with Crippen molar-refractivity contribution in [3.63, 3.8) is 0 Å². The summed E-state index contributed by atoms with van der Waals surface area (Å²) < 4.78 is 14.0. The van der Waals surface area contributed by atoms with Gasteiger partial charge in [0.2, 0.25) is 0 Å². The van der Waals surface area contributed by atoms with E-state index in [-0.39, 0.29) is 0 Å². The quantitative estimate of drug-likeness (QED) is 0.840. The van der Waals surface area contributed by atoms with Crippen LogP contribution in [-0.4, -0.2) is 6.54 Å². The number of halogens is 1. The smallest absolute Gasteiger partial charge is 0.129 e. The Bertz CT molecular complexity index is 683. The Hall–Kier alpha value is -2.85. The third-order valence-corrected chi connectivity index (χ3v) is 3.16. The van der Waals surface area contributed by atoms with Crippen molar-refractivity contribution in [1.82, 2.24) is 0 Å². The van der Waals surface area contributed by atoms with Gasteiger partial charge in [0.15, 0.2) is 0 Å². The Morgan fingerprint density at radius 3 is 2.43 bits per heavy atom. The molecule has 0 spiro atoms. The monoisotopic (exact) mass is 279 g/mol. The van der Waals surface area contributed by atoms with E-state index in [0.29, 0.717) is 30.6 Å². The molecule has 0 radical (unpaired) electrons. The van der Waals surface area contributed by atoms with Crippen LogP contribution in [0.5, 0.6) is 0 Å². The Kier molecular flexibility index (Phi) is 4.90. The van der Waals surface area contributed by atoms with Crippen molar-refractivity contribution in [3.8, 4) is 12.1 Å². The molecule has 2 aromatic carbocycles. The number of rotatable bonds is 5. The molecule has 0 atom stereocenters. The van der Waals surface area contributed by atoms with E-state index in [4.69, 9.17) is 10.5 Å². The molecule has 0 bridgehead atoms. The molecule has 0 saturated heterocycles. The third kappa shape index (κ3) is 3.81. The summed E-state index contributed by atoms with van der Waals surface area (Å²) in [6, 6.07) is 18.1. The molecule has 0 aliphatic rings. The van der Waals surface area contributed by atoms with E-state index in [1.54, 1.807) is 12.1 Å². The fourth-order valence-electron chi connectivity index (χ4n) is 2.07. The lowest BCUT2D eigenvalue weighted by atomic mass is 10.1.